The summed E-state index contributed by atoms with van der Waals surface area (Å²) in [6, 6.07) is 10.2. The van der Waals surface area contributed by atoms with E-state index < -0.39 is 0 Å². The predicted molar refractivity (Wildman–Crippen MR) is 88.8 cm³/mol. The number of hydrogen-bond acceptors (Lipinski definition) is 3. The Labute approximate surface area is 135 Å². The maximum atomic E-state index is 8.87. The van der Waals surface area contributed by atoms with Crippen LogP contribution in [-0.4, -0.2) is 16.7 Å². The van der Waals surface area contributed by atoms with Crippen LogP contribution in [0.2, 0.25) is 0 Å². The van der Waals surface area contributed by atoms with E-state index in [0.29, 0.717) is 6.54 Å². The van der Waals surface area contributed by atoms with E-state index >= 15 is 0 Å². The molecule has 1 heterocycles. The lowest BCUT2D eigenvalue weighted by Gasteiger charge is -2.09. The fraction of sp³-hybridized carbons (Fsp3) is 0.267. The SMILES string of the molecule is OCCCc1cccc(NCc2ncc(Br)cc2Br)c1. The summed E-state index contributed by atoms with van der Waals surface area (Å²) < 4.78 is 1.94. The number of benzene rings is 1. The van der Waals surface area contributed by atoms with Crippen LogP contribution in [0.5, 0.6) is 0 Å². The summed E-state index contributed by atoms with van der Waals surface area (Å²) in [7, 11) is 0. The Morgan fingerprint density at radius 2 is 2.05 bits per heavy atom. The van der Waals surface area contributed by atoms with Gasteiger partial charge in [0.05, 0.1) is 12.2 Å². The number of hydrogen-bond donors (Lipinski definition) is 2. The molecular formula is C15H16Br2N2O. The first-order valence-electron chi connectivity index (χ1n) is 6.42. The van der Waals surface area contributed by atoms with Gasteiger partial charge >= 0.3 is 0 Å². The third kappa shape index (κ3) is 4.58. The molecule has 0 amide bonds. The van der Waals surface area contributed by atoms with Crippen LogP contribution < -0.4 is 5.32 Å². The lowest BCUT2D eigenvalue weighted by atomic mass is 10.1. The molecule has 0 fully saturated rings. The molecule has 5 heteroatoms. The maximum Gasteiger partial charge on any atom is 0.0737 e. The molecule has 2 aromatic rings. The smallest absolute Gasteiger partial charge is 0.0737 e. The molecule has 0 aliphatic carbocycles. The first kappa shape index (κ1) is 15.5. The van der Waals surface area contributed by atoms with E-state index in [1.807, 2.05) is 18.2 Å². The molecule has 20 heavy (non-hydrogen) atoms. The van der Waals surface area contributed by atoms with Gasteiger partial charge in [-0.25, -0.2) is 0 Å². The minimum Gasteiger partial charge on any atom is -0.396 e. The Balaban J connectivity index is 1.99. The van der Waals surface area contributed by atoms with Crippen LogP contribution in [0.4, 0.5) is 5.69 Å². The standard InChI is InChI=1S/C15H16Br2N2O/c16-12-8-14(17)15(19-9-12)10-18-13-5-1-3-11(7-13)4-2-6-20/h1,3,5,7-9,18,20H,2,4,6,10H2. The highest BCUT2D eigenvalue weighted by Crippen LogP contribution is 2.21. The Hall–Kier alpha value is -0.910. The van der Waals surface area contributed by atoms with Gasteiger partial charge in [0.15, 0.2) is 0 Å². The van der Waals surface area contributed by atoms with Crippen molar-refractivity contribution in [1.29, 1.82) is 0 Å². The number of nitrogens with zero attached hydrogens (tertiary/aromatic N) is 1. The third-order valence-corrected chi connectivity index (χ3v) is 4.01. The zero-order chi connectivity index (χ0) is 14.4. The second-order valence-electron chi connectivity index (χ2n) is 4.46. The van der Waals surface area contributed by atoms with Gasteiger partial charge in [0.1, 0.15) is 0 Å². The zero-order valence-corrected chi connectivity index (χ0v) is 14.1. The van der Waals surface area contributed by atoms with E-state index in [-0.39, 0.29) is 6.61 Å². The molecule has 0 saturated heterocycles. The highest BCUT2D eigenvalue weighted by Gasteiger charge is 2.03. The molecule has 0 spiro atoms. The van der Waals surface area contributed by atoms with Crippen molar-refractivity contribution in [3.8, 4) is 0 Å². The van der Waals surface area contributed by atoms with Crippen molar-refractivity contribution in [1.82, 2.24) is 4.98 Å². The highest BCUT2D eigenvalue weighted by molar-refractivity contribution is 9.11. The second kappa shape index (κ2) is 7.76. The van der Waals surface area contributed by atoms with Crippen molar-refractivity contribution >= 4 is 37.5 Å². The molecule has 0 unspecified atom stereocenters. The van der Waals surface area contributed by atoms with Crippen molar-refractivity contribution in [2.45, 2.75) is 19.4 Å². The number of aliphatic hydroxyl groups is 1. The molecule has 0 atom stereocenters. The molecule has 0 saturated carbocycles. The normalized spacial score (nSPS) is 10.6. The van der Waals surface area contributed by atoms with Crippen molar-refractivity contribution in [2.75, 3.05) is 11.9 Å². The summed E-state index contributed by atoms with van der Waals surface area (Å²) >= 11 is 6.90. The highest BCUT2D eigenvalue weighted by atomic mass is 79.9. The van der Waals surface area contributed by atoms with Gasteiger partial charge in [-0.05, 0) is 68.5 Å². The lowest BCUT2D eigenvalue weighted by molar-refractivity contribution is 0.288. The number of anilines is 1. The van der Waals surface area contributed by atoms with Gasteiger partial charge in [-0.15, -0.1) is 0 Å². The average molecular weight is 400 g/mol. The number of aryl methyl sites for hydroxylation is 1. The van der Waals surface area contributed by atoms with Crippen LogP contribution in [0.3, 0.4) is 0 Å². The van der Waals surface area contributed by atoms with Gasteiger partial charge in [-0.3, -0.25) is 4.98 Å². The minimum absolute atomic E-state index is 0.230. The van der Waals surface area contributed by atoms with Crippen LogP contribution >= 0.6 is 31.9 Å². The van der Waals surface area contributed by atoms with Crippen molar-refractivity contribution in [2.24, 2.45) is 0 Å². The Morgan fingerprint density at radius 1 is 1.20 bits per heavy atom. The first-order valence-corrected chi connectivity index (χ1v) is 8.01. The largest absolute Gasteiger partial charge is 0.396 e. The molecule has 0 aliphatic rings. The van der Waals surface area contributed by atoms with Crippen LogP contribution in [-0.2, 0) is 13.0 Å². The molecule has 0 aliphatic heterocycles. The molecule has 1 aromatic carbocycles. The number of aliphatic hydroxyl groups excluding tert-OH is 1. The summed E-state index contributed by atoms with van der Waals surface area (Å²) in [6.07, 6.45) is 3.48. The van der Waals surface area contributed by atoms with Gasteiger partial charge in [-0.2, -0.15) is 0 Å². The van der Waals surface area contributed by atoms with Gasteiger partial charge < -0.3 is 10.4 Å². The van der Waals surface area contributed by atoms with E-state index in [2.05, 4.69) is 54.3 Å². The minimum atomic E-state index is 0.230. The number of nitrogens with one attached hydrogen (secondary N) is 1. The van der Waals surface area contributed by atoms with E-state index in [1.165, 1.54) is 5.56 Å². The summed E-state index contributed by atoms with van der Waals surface area (Å²) in [5.41, 5.74) is 3.26. The van der Waals surface area contributed by atoms with Crippen molar-refractivity contribution in [3.05, 3.63) is 56.7 Å². The van der Waals surface area contributed by atoms with Crippen LogP contribution in [0.25, 0.3) is 0 Å². The average Bonchev–Trinajstić information content (AvgIpc) is 2.45. The Morgan fingerprint density at radius 3 is 2.80 bits per heavy atom. The van der Waals surface area contributed by atoms with E-state index in [1.54, 1.807) is 6.20 Å². The molecule has 0 radical (unpaired) electrons. The third-order valence-electron chi connectivity index (χ3n) is 2.89. The molecular weight excluding hydrogens is 384 g/mol. The molecule has 1 aromatic heterocycles. The van der Waals surface area contributed by atoms with Crippen LogP contribution in [0.1, 0.15) is 17.7 Å². The van der Waals surface area contributed by atoms with Crippen molar-refractivity contribution < 1.29 is 5.11 Å². The lowest BCUT2D eigenvalue weighted by Crippen LogP contribution is -2.03. The van der Waals surface area contributed by atoms with Gasteiger partial charge in [0.25, 0.3) is 0 Å². The summed E-state index contributed by atoms with van der Waals surface area (Å²) in [5.74, 6) is 0. The second-order valence-corrected chi connectivity index (χ2v) is 6.23. The van der Waals surface area contributed by atoms with E-state index in [9.17, 15) is 0 Å². The molecule has 2 N–H and O–H groups in total. The summed E-state index contributed by atoms with van der Waals surface area (Å²) in [6.45, 7) is 0.894. The topological polar surface area (TPSA) is 45.1 Å². The van der Waals surface area contributed by atoms with E-state index in [4.69, 9.17) is 5.11 Å². The monoisotopic (exact) mass is 398 g/mol. The molecule has 106 valence electrons. The fourth-order valence-electron chi connectivity index (χ4n) is 1.88. The Kier molecular flexibility index (Phi) is 6.01. The number of rotatable bonds is 6. The number of pyridine rings is 1. The molecule has 3 nitrogen and oxygen atoms in total. The fourth-order valence-corrected chi connectivity index (χ4v) is 3.01. The number of halogens is 2. The van der Waals surface area contributed by atoms with Gasteiger partial charge in [0.2, 0.25) is 0 Å². The predicted octanol–water partition coefficient (Wildman–Crippen LogP) is 4.14. The molecule has 2 rings (SSSR count). The number of aromatic nitrogens is 1. The molecule has 0 bridgehead atoms. The van der Waals surface area contributed by atoms with Crippen LogP contribution in [0, 0.1) is 0 Å². The van der Waals surface area contributed by atoms with Crippen LogP contribution in [0.15, 0.2) is 45.5 Å². The van der Waals surface area contributed by atoms with Gasteiger partial charge in [0, 0.05) is 27.4 Å². The summed E-state index contributed by atoms with van der Waals surface area (Å²) in [4.78, 5) is 4.38. The van der Waals surface area contributed by atoms with Crippen molar-refractivity contribution in [3.63, 3.8) is 0 Å². The first-order chi connectivity index (χ1) is 9.69. The Bertz CT molecular complexity index is 576. The zero-order valence-electron chi connectivity index (χ0n) is 10.9. The maximum absolute atomic E-state index is 8.87. The summed E-state index contributed by atoms with van der Waals surface area (Å²) in [5, 5.41) is 12.2. The van der Waals surface area contributed by atoms with Gasteiger partial charge in [-0.1, -0.05) is 12.1 Å². The van der Waals surface area contributed by atoms with E-state index in [0.717, 1.165) is 33.2 Å². The quantitative estimate of drug-likeness (QED) is 0.766.